The second-order valence-corrected chi connectivity index (χ2v) is 2.75. The third-order valence-electron chi connectivity index (χ3n) is 1.56. The minimum Gasteiger partial charge on any atom is -0.481 e. The summed E-state index contributed by atoms with van der Waals surface area (Å²) >= 11 is 0. The van der Waals surface area contributed by atoms with Crippen molar-refractivity contribution < 1.29 is 14.7 Å². The van der Waals surface area contributed by atoms with E-state index in [1.807, 2.05) is 6.92 Å². The van der Waals surface area contributed by atoms with Crippen LogP contribution in [0.4, 0.5) is 4.79 Å². The smallest absolute Gasteiger partial charge is 0.317 e. The second kappa shape index (κ2) is 6.28. The molecule has 0 aliphatic carbocycles. The molecule has 0 heterocycles. The standard InChI is InChI=1S/C8H16N2O3/c1-3-9-8(13)10(2)6-4-5-7(11)12/h3-6H2,1-2H3,(H,9,13)(H,11,12). The van der Waals surface area contributed by atoms with Gasteiger partial charge in [-0.05, 0) is 13.3 Å². The summed E-state index contributed by atoms with van der Waals surface area (Å²) in [5.41, 5.74) is 0. The fourth-order valence-corrected chi connectivity index (χ4v) is 0.855. The number of nitrogens with zero attached hydrogens (tertiary/aromatic N) is 1. The molecule has 0 fully saturated rings. The molecular formula is C8H16N2O3. The van der Waals surface area contributed by atoms with Crippen LogP contribution in [0.1, 0.15) is 19.8 Å². The van der Waals surface area contributed by atoms with Gasteiger partial charge in [0, 0.05) is 26.6 Å². The van der Waals surface area contributed by atoms with Crippen LogP contribution in [0.3, 0.4) is 0 Å². The number of carbonyl (C=O) groups excluding carboxylic acids is 1. The van der Waals surface area contributed by atoms with Crippen LogP contribution in [0.15, 0.2) is 0 Å². The number of hydrogen-bond donors (Lipinski definition) is 2. The van der Waals surface area contributed by atoms with Crippen molar-refractivity contribution in [2.45, 2.75) is 19.8 Å². The Kier molecular flexibility index (Phi) is 5.67. The van der Waals surface area contributed by atoms with Crippen molar-refractivity contribution >= 4 is 12.0 Å². The SMILES string of the molecule is CCNC(=O)N(C)CCCC(=O)O. The predicted molar refractivity (Wildman–Crippen MR) is 48.6 cm³/mol. The van der Waals surface area contributed by atoms with Crippen molar-refractivity contribution in [2.24, 2.45) is 0 Å². The molecule has 0 bridgehead atoms. The highest BCUT2D eigenvalue weighted by molar-refractivity contribution is 5.73. The quantitative estimate of drug-likeness (QED) is 0.660. The molecule has 13 heavy (non-hydrogen) atoms. The lowest BCUT2D eigenvalue weighted by atomic mass is 10.3. The predicted octanol–water partition coefficient (Wildman–Crippen LogP) is 0.512. The zero-order chi connectivity index (χ0) is 10.3. The number of carbonyl (C=O) groups is 2. The molecule has 0 aliphatic rings. The molecule has 2 N–H and O–H groups in total. The lowest BCUT2D eigenvalue weighted by Gasteiger charge is -2.16. The molecule has 0 aromatic rings. The summed E-state index contributed by atoms with van der Waals surface area (Å²) in [6, 6.07) is -0.159. The highest BCUT2D eigenvalue weighted by Gasteiger charge is 2.06. The zero-order valence-corrected chi connectivity index (χ0v) is 8.04. The van der Waals surface area contributed by atoms with Gasteiger partial charge in [-0.25, -0.2) is 4.79 Å². The van der Waals surface area contributed by atoms with E-state index in [4.69, 9.17) is 5.11 Å². The van der Waals surface area contributed by atoms with E-state index in [-0.39, 0.29) is 12.5 Å². The van der Waals surface area contributed by atoms with E-state index >= 15 is 0 Å². The van der Waals surface area contributed by atoms with E-state index in [1.165, 1.54) is 4.90 Å². The normalized spacial score (nSPS) is 9.38. The van der Waals surface area contributed by atoms with Crippen LogP contribution in [-0.4, -0.2) is 42.1 Å². The average Bonchev–Trinajstić information content (AvgIpc) is 2.04. The second-order valence-electron chi connectivity index (χ2n) is 2.75. The Balaban J connectivity index is 3.55. The van der Waals surface area contributed by atoms with E-state index in [9.17, 15) is 9.59 Å². The number of carboxylic acids is 1. The van der Waals surface area contributed by atoms with Crippen molar-refractivity contribution in [3.8, 4) is 0 Å². The summed E-state index contributed by atoms with van der Waals surface area (Å²) in [4.78, 5) is 22.7. The summed E-state index contributed by atoms with van der Waals surface area (Å²) in [6.45, 7) is 2.89. The molecule has 76 valence electrons. The largest absolute Gasteiger partial charge is 0.481 e. The Morgan fingerprint density at radius 1 is 1.46 bits per heavy atom. The van der Waals surface area contributed by atoms with Crippen molar-refractivity contribution in [1.29, 1.82) is 0 Å². The lowest BCUT2D eigenvalue weighted by molar-refractivity contribution is -0.137. The third kappa shape index (κ3) is 5.95. The number of hydrogen-bond acceptors (Lipinski definition) is 2. The van der Waals surface area contributed by atoms with Gasteiger partial charge >= 0.3 is 12.0 Å². The first-order chi connectivity index (χ1) is 6.07. The molecule has 0 saturated carbocycles. The van der Waals surface area contributed by atoms with Crippen LogP contribution in [0.25, 0.3) is 0 Å². The van der Waals surface area contributed by atoms with Gasteiger partial charge in [-0.2, -0.15) is 0 Å². The first-order valence-corrected chi connectivity index (χ1v) is 4.28. The van der Waals surface area contributed by atoms with Gasteiger partial charge in [0.1, 0.15) is 0 Å². The van der Waals surface area contributed by atoms with Crippen LogP contribution in [-0.2, 0) is 4.79 Å². The van der Waals surface area contributed by atoms with Gasteiger partial charge in [-0.1, -0.05) is 0 Å². The number of urea groups is 1. The van der Waals surface area contributed by atoms with Gasteiger partial charge in [0.25, 0.3) is 0 Å². The van der Waals surface area contributed by atoms with Crippen LogP contribution in [0.2, 0.25) is 0 Å². The molecule has 5 nitrogen and oxygen atoms in total. The minimum absolute atomic E-state index is 0.101. The fourth-order valence-electron chi connectivity index (χ4n) is 0.855. The monoisotopic (exact) mass is 188 g/mol. The minimum atomic E-state index is -0.829. The van der Waals surface area contributed by atoms with E-state index in [1.54, 1.807) is 7.05 Å². The molecule has 2 amide bonds. The summed E-state index contributed by atoms with van der Waals surface area (Å²) in [6.07, 6.45) is 0.590. The molecule has 5 heteroatoms. The first-order valence-electron chi connectivity index (χ1n) is 4.28. The molecule has 0 aromatic heterocycles. The molecule has 0 aliphatic heterocycles. The van der Waals surface area contributed by atoms with E-state index in [0.29, 0.717) is 19.5 Å². The molecule has 0 spiro atoms. The van der Waals surface area contributed by atoms with Crippen molar-refractivity contribution in [3.05, 3.63) is 0 Å². The number of carboxylic acid groups (broad SMARTS) is 1. The number of aliphatic carboxylic acids is 1. The Morgan fingerprint density at radius 3 is 2.54 bits per heavy atom. The maximum absolute atomic E-state index is 11.1. The van der Waals surface area contributed by atoms with Crippen LogP contribution >= 0.6 is 0 Å². The molecular weight excluding hydrogens is 172 g/mol. The highest BCUT2D eigenvalue weighted by Crippen LogP contribution is 1.93. The number of amides is 2. The van der Waals surface area contributed by atoms with Crippen LogP contribution in [0.5, 0.6) is 0 Å². The van der Waals surface area contributed by atoms with E-state index in [2.05, 4.69) is 5.32 Å². The summed E-state index contributed by atoms with van der Waals surface area (Å²) in [5.74, 6) is -0.829. The lowest BCUT2D eigenvalue weighted by Crippen LogP contribution is -2.37. The number of rotatable bonds is 5. The topological polar surface area (TPSA) is 69.6 Å². The Bertz CT molecular complexity index is 182. The van der Waals surface area contributed by atoms with E-state index in [0.717, 1.165) is 0 Å². The average molecular weight is 188 g/mol. The van der Waals surface area contributed by atoms with Gasteiger partial charge in [0.15, 0.2) is 0 Å². The molecule has 0 radical (unpaired) electrons. The van der Waals surface area contributed by atoms with Gasteiger partial charge < -0.3 is 15.3 Å². The summed E-state index contributed by atoms with van der Waals surface area (Å²) < 4.78 is 0. The Morgan fingerprint density at radius 2 is 2.08 bits per heavy atom. The molecule has 0 saturated heterocycles. The first kappa shape index (κ1) is 11.7. The fraction of sp³-hybridized carbons (Fsp3) is 0.750. The molecule has 0 aromatic carbocycles. The maximum atomic E-state index is 11.1. The zero-order valence-electron chi connectivity index (χ0n) is 8.04. The summed E-state index contributed by atoms with van der Waals surface area (Å²) in [5, 5.41) is 11.0. The van der Waals surface area contributed by atoms with Gasteiger partial charge in [-0.3, -0.25) is 4.79 Å². The highest BCUT2D eigenvalue weighted by atomic mass is 16.4. The Labute approximate surface area is 77.7 Å². The van der Waals surface area contributed by atoms with Crippen molar-refractivity contribution in [1.82, 2.24) is 10.2 Å². The molecule has 0 rings (SSSR count). The molecule has 0 unspecified atom stereocenters. The van der Waals surface area contributed by atoms with Crippen LogP contribution < -0.4 is 5.32 Å². The van der Waals surface area contributed by atoms with Crippen LogP contribution in [0, 0.1) is 0 Å². The van der Waals surface area contributed by atoms with E-state index < -0.39 is 5.97 Å². The van der Waals surface area contributed by atoms with Gasteiger partial charge in [0.05, 0.1) is 0 Å². The van der Waals surface area contributed by atoms with Crippen molar-refractivity contribution in [2.75, 3.05) is 20.1 Å². The molecule has 0 atom stereocenters. The number of nitrogens with one attached hydrogen (secondary N) is 1. The Hall–Kier alpha value is -1.26. The maximum Gasteiger partial charge on any atom is 0.317 e. The van der Waals surface area contributed by atoms with Gasteiger partial charge in [-0.15, -0.1) is 0 Å². The van der Waals surface area contributed by atoms with Crippen molar-refractivity contribution in [3.63, 3.8) is 0 Å². The third-order valence-corrected chi connectivity index (χ3v) is 1.56. The van der Waals surface area contributed by atoms with Gasteiger partial charge in [0.2, 0.25) is 0 Å². The summed E-state index contributed by atoms with van der Waals surface area (Å²) in [7, 11) is 1.65.